The topological polar surface area (TPSA) is 75.6 Å². The summed E-state index contributed by atoms with van der Waals surface area (Å²) in [6.07, 6.45) is -0.735. The van der Waals surface area contributed by atoms with Crippen LogP contribution in [0.2, 0.25) is 0 Å². The van der Waals surface area contributed by atoms with Gasteiger partial charge in [-0.2, -0.15) is 0 Å². The Balaban J connectivity index is 0.00000225. The van der Waals surface area contributed by atoms with Gasteiger partial charge < -0.3 is 15.2 Å². The van der Waals surface area contributed by atoms with Crippen molar-refractivity contribution in [3.8, 4) is 0 Å². The van der Waals surface area contributed by atoms with E-state index in [9.17, 15) is 9.59 Å². The number of hydrogen-bond donors (Lipinski definition) is 2. The molecule has 0 aromatic heterocycles. The fraction of sp³-hybridized carbons (Fsp3) is 0.200. The van der Waals surface area contributed by atoms with Gasteiger partial charge in [0.05, 0.1) is 0 Å². The van der Waals surface area contributed by atoms with Gasteiger partial charge in [-0.1, -0.05) is 30.3 Å². The molecule has 0 bridgehead atoms. The summed E-state index contributed by atoms with van der Waals surface area (Å²) in [5, 5.41) is 10.4. The van der Waals surface area contributed by atoms with Gasteiger partial charge in [-0.15, -0.1) is 12.4 Å². The second-order valence-corrected chi connectivity index (χ2v) is 2.81. The van der Waals surface area contributed by atoms with Crippen LogP contribution >= 0.6 is 12.4 Å². The number of benzene rings is 1. The predicted molar refractivity (Wildman–Crippen MR) is 59.5 cm³/mol. The smallest absolute Gasteiger partial charge is 0.407 e. The monoisotopic (exact) mass is 245 g/mol. The quantitative estimate of drug-likeness (QED) is 0.841. The van der Waals surface area contributed by atoms with E-state index in [1.165, 1.54) is 0 Å². The Bertz CT molecular complexity index is 342. The number of carbonyl (C=O) groups excluding carboxylic acids is 1. The van der Waals surface area contributed by atoms with Crippen LogP contribution in [0.1, 0.15) is 5.56 Å². The minimum atomic E-state index is -1.10. The second kappa shape index (κ2) is 7.53. The Morgan fingerprint density at radius 2 is 1.88 bits per heavy atom. The van der Waals surface area contributed by atoms with E-state index in [1.54, 1.807) is 0 Å². The van der Waals surface area contributed by atoms with E-state index in [0.29, 0.717) is 0 Å². The van der Waals surface area contributed by atoms with Crippen LogP contribution in [0.4, 0.5) is 4.79 Å². The van der Waals surface area contributed by atoms with E-state index in [1.807, 2.05) is 30.3 Å². The number of aliphatic carboxylic acids is 1. The van der Waals surface area contributed by atoms with Crippen molar-refractivity contribution in [3.63, 3.8) is 0 Å². The van der Waals surface area contributed by atoms with Crippen molar-refractivity contribution < 1.29 is 19.4 Å². The molecule has 1 aromatic carbocycles. The summed E-state index contributed by atoms with van der Waals surface area (Å²) < 4.78 is 4.77. The molecule has 0 spiro atoms. The molecule has 0 saturated heterocycles. The molecule has 0 fully saturated rings. The van der Waals surface area contributed by atoms with Crippen LogP contribution in [-0.4, -0.2) is 23.7 Å². The summed E-state index contributed by atoms with van der Waals surface area (Å²) >= 11 is 0. The van der Waals surface area contributed by atoms with Crippen LogP contribution in [0.25, 0.3) is 0 Å². The highest BCUT2D eigenvalue weighted by molar-refractivity contribution is 5.85. The van der Waals surface area contributed by atoms with Crippen LogP contribution < -0.4 is 5.32 Å². The Kier molecular flexibility index (Phi) is 6.71. The molecule has 16 heavy (non-hydrogen) atoms. The van der Waals surface area contributed by atoms with Crippen molar-refractivity contribution in [3.05, 3.63) is 35.9 Å². The molecular weight excluding hydrogens is 234 g/mol. The normalized spacial score (nSPS) is 8.75. The summed E-state index contributed by atoms with van der Waals surface area (Å²) in [5.41, 5.74) is 0.850. The number of ether oxygens (including phenoxy) is 1. The molecule has 0 atom stereocenters. The van der Waals surface area contributed by atoms with Gasteiger partial charge in [0.1, 0.15) is 13.2 Å². The molecule has 0 aliphatic rings. The van der Waals surface area contributed by atoms with Gasteiger partial charge in [0, 0.05) is 0 Å². The first-order chi connectivity index (χ1) is 7.18. The first-order valence-electron chi connectivity index (χ1n) is 4.35. The van der Waals surface area contributed by atoms with E-state index in [2.05, 4.69) is 5.32 Å². The lowest BCUT2D eigenvalue weighted by Crippen LogP contribution is -2.29. The van der Waals surface area contributed by atoms with Crippen LogP contribution in [0.5, 0.6) is 0 Å². The van der Waals surface area contributed by atoms with Crippen molar-refractivity contribution in [1.29, 1.82) is 0 Å². The molecule has 6 heteroatoms. The van der Waals surface area contributed by atoms with E-state index in [-0.39, 0.29) is 19.0 Å². The zero-order chi connectivity index (χ0) is 11.1. The average Bonchev–Trinajstić information content (AvgIpc) is 2.25. The first-order valence-corrected chi connectivity index (χ1v) is 4.35. The number of carbonyl (C=O) groups is 2. The lowest BCUT2D eigenvalue weighted by atomic mass is 10.2. The first kappa shape index (κ1) is 14.2. The molecule has 0 saturated carbocycles. The van der Waals surface area contributed by atoms with Crippen molar-refractivity contribution >= 4 is 24.5 Å². The number of amides is 1. The van der Waals surface area contributed by atoms with Crippen LogP contribution in [-0.2, 0) is 16.1 Å². The third-order valence-electron chi connectivity index (χ3n) is 1.60. The van der Waals surface area contributed by atoms with E-state index in [4.69, 9.17) is 9.84 Å². The molecule has 1 rings (SSSR count). The number of halogens is 1. The summed E-state index contributed by atoms with van der Waals surface area (Å²) in [6.45, 7) is -0.306. The zero-order valence-corrected chi connectivity index (χ0v) is 9.20. The van der Waals surface area contributed by atoms with Crippen LogP contribution in [0, 0.1) is 0 Å². The number of hydrogen-bond acceptors (Lipinski definition) is 3. The maximum atomic E-state index is 10.9. The summed E-state index contributed by atoms with van der Waals surface area (Å²) in [5.74, 6) is -1.10. The van der Waals surface area contributed by atoms with Crippen LogP contribution in [0.3, 0.4) is 0 Å². The summed E-state index contributed by atoms with van der Waals surface area (Å²) in [6, 6.07) is 9.13. The van der Waals surface area contributed by atoms with E-state index < -0.39 is 18.6 Å². The number of carboxylic acid groups (broad SMARTS) is 1. The van der Waals surface area contributed by atoms with Gasteiger partial charge in [0.25, 0.3) is 0 Å². The SMILES string of the molecule is Cl.O=C(O)CNC(=O)OCc1ccccc1. The van der Waals surface area contributed by atoms with E-state index in [0.717, 1.165) is 5.56 Å². The molecule has 5 nitrogen and oxygen atoms in total. The number of rotatable bonds is 4. The molecule has 88 valence electrons. The molecule has 1 amide bonds. The van der Waals surface area contributed by atoms with Gasteiger partial charge in [-0.3, -0.25) is 4.79 Å². The Morgan fingerprint density at radius 3 is 2.44 bits per heavy atom. The van der Waals surface area contributed by atoms with Gasteiger partial charge >= 0.3 is 12.1 Å². The van der Waals surface area contributed by atoms with Gasteiger partial charge in [0.15, 0.2) is 0 Å². The fourth-order valence-electron chi connectivity index (χ4n) is 0.922. The van der Waals surface area contributed by atoms with Crippen molar-refractivity contribution in [1.82, 2.24) is 5.32 Å². The lowest BCUT2D eigenvalue weighted by molar-refractivity contribution is -0.135. The van der Waals surface area contributed by atoms with Gasteiger partial charge in [0.2, 0.25) is 0 Å². The Morgan fingerprint density at radius 1 is 1.25 bits per heavy atom. The molecule has 0 heterocycles. The van der Waals surface area contributed by atoms with E-state index >= 15 is 0 Å². The zero-order valence-electron chi connectivity index (χ0n) is 8.38. The minimum absolute atomic E-state index is 0. The second-order valence-electron chi connectivity index (χ2n) is 2.81. The highest BCUT2D eigenvalue weighted by Gasteiger charge is 2.04. The molecule has 0 radical (unpaired) electrons. The Labute approximate surface area is 98.8 Å². The fourth-order valence-corrected chi connectivity index (χ4v) is 0.922. The molecule has 0 aliphatic carbocycles. The number of alkyl carbamates (subject to hydrolysis) is 1. The highest BCUT2D eigenvalue weighted by Crippen LogP contribution is 2.00. The highest BCUT2D eigenvalue weighted by atomic mass is 35.5. The van der Waals surface area contributed by atoms with Crippen molar-refractivity contribution in [2.24, 2.45) is 0 Å². The van der Waals surface area contributed by atoms with Crippen molar-refractivity contribution in [2.45, 2.75) is 6.61 Å². The van der Waals surface area contributed by atoms with Crippen LogP contribution in [0.15, 0.2) is 30.3 Å². The molecule has 1 aromatic rings. The maximum absolute atomic E-state index is 10.9. The largest absolute Gasteiger partial charge is 0.480 e. The predicted octanol–water partition coefficient (Wildman–Crippen LogP) is 1.42. The standard InChI is InChI=1S/C10H11NO4.ClH/c12-9(13)6-11-10(14)15-7-8-4-2-1-3-5-8;/h1-5H,6-7H2,(H,11,14)(H,12,13);1H. The number of nitrogens with one attached hydrogen (secondary N) is 1. The van der Waals surface area contributed by atoms with Gasteiger partial charge in [-0.05, 0) is 5.56 Å². The maximum Gasteiger partial charge on any atom is 0.407 e. The Hall–Kier alpha value is -1.75. The molecule has 0 aliphatic heterocycles. The third-order valence-corrected chi connectivity index (χ3v) is 1.60. The minimum Gasteiger partial charge on any atom is -0.480 e. The summed E-state index contributed by atoms with van der Waals surface area (Å²) in [4.78, 5) is 21.0. The summed E-state index contributed by atoms with van der Waals surface area (Å²) in [7, 11) is 0. The lowest BCUT2D eigenvalue weighted by Gasteiger charge is -2.04. The number of carboxylic acids is 1. The van der Waals surface area contributed by atoms with Gasteiger partial charge in [-0.25, -0.2) is 4.79 Å². The molecule has 2 N–H and O–H groups in total. The third kappa shape index (κ3) is 5.87. The average molecular weight is 246 g/mol. The van der Waals surface area contributed by atoms with Crippen molar-refractivity contribution in [2.75, 3.05) is 6.54 Å². The molecular formula is C10H12ClNO4. The molecule has 0 unspecified atom stereocenters.